The van der Waals surface area contributed by atoms with E-state index in [1.54, 1.807) is 0 Å². The van der Waals surface area contributed by atoms with Crippen LogP contribution in [0.3, 0.4) is 0 Å². The number of hydrogen-bond donors (Lipinski definition) is 1. The lowest BCUT2D eigenvalue weighted by atomic mass is 10.1. The third kappa shape index (κ3) is 10.8. The predicted octanol–water partition coefficient (Wildman–Crippen LogP) is 5.26. The largest absolute Gasteiger partial charge is 0.494 e. The fourth-order valence-corrected chi connectivity index (χ4v) is 3.02. The Balaban J connectivity index is 1.56. The zero-order valence-electron chi connectivity index (χ0n) is 18.7. The molecule has 11 heteroatoms. The van der Waals surface area contributed by atoms with E-state index in [4.69, 9.17) is 4.74 Å². The maximum Gasteiger partial charge on any atom is 0.491 e. The molecule has 5 nitrogen and oxygen atoms in total. The number of nitrogens with one attached hydrogen (secondary N) is 1. The van der Waals surface area contributed by atoms with E-state index >= 15 is 0 Å². The molecule has 0 heterocycles. The molecule has 0 aromatic heterocycles. The number of carbonyl (C=O) groups excluding carboxylic acids is 2. The predicted molar refractivity (Wildman–Crippen MR) is 115 cm³/mol. The highest BCUT2D eigenvalue weighted by atomic mass is 19.4. The average molecular weight is 505 g/mol. The van der Waals surface area contributed by atoms with Gasteiger partial charge >= 0.3 is 24.3 Å². The molecule has 0 aliphatic rings. The lowest BCUT2D eigenvalue weighted by Gasteiger charge is -2.09. The smallest absolute Gasteiger partial charge is 0.491 e. The van der Waals surface area contributed by atoms with Gasteiger partial charge in [0.05, 0.1) is 18.6 Å². The van der Waals surface area contributed by atoms with Crippen LogP contribution in [0.5, 0.6) is 5.75 Å². The molecule has 0 unspecified atom stereocenters. The first-order valence-electron chi connectivity index (χ1n) is 10.9. The summed E-state index contributed by atoms with van der Waals surface area (Å²) in [5.41, 5.74) is 1.17. The molecule has 0 amide bonds. The summed E-state index contributed by atoms with van der Waals surface area (Å²) >= 11 is 0. The highest BCUT2D eigenvalue weighted by Gasteiger charge is 2.42. The molecule has 0 saturated heterocycles. The molecule has 0 fully saturated rings. The van der Waals surface area contributed by atoms with E-state index in [1.165, 1.54) is 12.1 Å². The minimum Gasteiger partial charge on any atom is -0.494 e. The van der Waals surface area contributed by atoms with Gasteiger partial charge in [0.15, 0.2) is 0 Å². The SMILES string of the molecule is O=C(CCNCCCc1ccc(OCCCc2ccc(C(F)(F)F)cc2)cc1)OC(=O)C(F)(F)F. The van der Waals surface area contributed by atoms with Crippen LogP contribution < -0.4 is 10.1 Å². The minimum atomic E-state index is -5.20. The van der Waals surface area contributed by atoms with E-state index in [-0.39, 0.29) is 13.0 Å². The number of aryl methyl sites for hydroxylation is 2. The summed E-state index contributed by atoms with van der Waals surface area (Å²) < 4.78 is 83.0. The molecule has 0 aliphatic carbocycles. The molecule has 0 saturated carbocycles. The summed E-state index contributed by atoms with van der Waals surface area (Å²) in [7, 11) is 0. The van der Waals surface area contributed by atoms with Crippen LogP contribution in [0.4, 0.5) is 26.3 Å². The van der Waals surface area contributed by atoms with Gasteiger partial charge in [-0.1, -0.05) is 24.3 Å². The number of esters is 2. The van der Waals surface area contributed by atoms with Gasteiger partial charge in [0, 0.05) is 6.54 Å². The number of benzene rings is 2. The Labute approximate surface area is 198 Å². The number of ether oxygens (including phenoxy) is 2. The highest BCUT2D eigenvalue weighted by molar-refractivity contribution is 5.88. The summed E-state index contributed by atoms with van der Waals surface area (Å²) in [5.74, 6) is -3.09. The summed E-state index contributed by atoms with van der Waals surface area (Å²) in [6.07, 6.45) is -7.21. The van der Waals surface area contributed by atoms with Crippen LogP contribution in [0, 0.1) is 0 Å². The van der Waals surface area contributed by atoms with Crippen molar-refractivity contribution in [2.45, 2.75) is 44.5 Å². The molecule has 1 N–H and O–H groups in total. The van der Waals surface area contributed by atoms with Crippen LogP contribution in [0.15, 0.2) is 48.5 Å². The van der Waals surface area contributed by atoms with Crippen molar-refractivity contribution < 1.29 is 45.4 Å². The number of rotatable bonds is 12. The molecule has 0 radical (unpaired) electrons. The van der Waals surface area contributed by atoms with Gasteiger partial charge in [0.2, 0.25) is 0 Å². The summed E-state index contributed by atoms with van der Waals surface area (Å²) in [4.78, 5) is 21.7. The van der Waals surface area contributed by atoms with Crippen LogP contribution in [0.1, 0.15) is 36.0 Å². The Morgan fingerprint density at radius 2 is 1.34 bits per heavy atom. The van der Waals surface area contributed by atoms with Gasteiger partial charge in [-0.2, -0.15) is 26.3 Å². The summed E-state index contributed by atoms with van der Waals surface area (Å²) in [6.45, 7) is 1.02. The maximum atomic E-state index is 12.6. The van der Waals surface area contributed by atoms with Gasteiger partial charge in [0.1, 0.15) is 5.75 Å². The van der Waals surface area contributed by atoms with E-state index in [1.807, 2.05) is 24.3 Å². The zero-order chi connectivity index (χ0) is 25.9. The fraction of sp³-hybridized carbons (Fsp3) is 0.417. The molecule has 0 aliphatic heterocycles. The first-order valence-corrected chi connectivity index (χ1v) is 10.9. The monoisotopic (exact) mass is 505 g/mol. The quantitative estimate of drug-likeness (QED) is 0.185. The Hall–Kier alpha value is -3.08. The van der Waals surface area contributed by atoms with E-state index in [9.17, 15) is 35.9 Å². The van der Waals surface area contributed by atoms with E-state index in [0.29, 0.717) is 38.2 Å². The van der Waals surface area contributed by atoms with E-state index in [2.05, 4.69) is 10.1 Å². The number of alkyl halides is 6. The second kappa shape index (κ2) is 13.1. The highest BCUT2D eigenvalue weighted by Crippen LogP contribution is 2.29. The van der Waals surface area contributed by atoms with Crippen molar-refractivity contribution in [1.29, 1.82) is 0 Å². The maximum absolute atomic E-state index is 12.6. The van der Waals surface area contributed by atoms with Crippen molar-refractivity contribution in [2.75, 3.05) is 19.7 Å². The molecule has 0 spiro atoms. The third-order valence-corrected chi connectivity index (χ3v) is 4.85. The molecular formula is C24H25F6NO4. The Morgan fingerprint density at radius 3 is 1.91 bits per heavy atom. The van der Waals surface area contributed by atoms with E-state index < -0.39 is 29.9 Å². The second-order valence-corrected chi connectivity index (χ2v) is 7.65. The van der Waals surface area contributed by atoms with Gasteiger partial charge in [0.25, 0.3) is 0 Å². The Bertz CT molecular complexity index is 940. The topological polar surface area (TPSA) is 64.6 Å². The van der Waals surface area contributed by atoms with Crippen molar-refractivity contribution in [2.24, 2.45) is 0 Å². The van der Waals surface area contributed by atoms with Crippen molar-refractivity contribution in [3.8, 4) is 5.75 Å². The van der Waals surface area contributed by atoms with Crippen molar-refractivity contribution in [3.63, 3.8) is 0 Å². The molecule has 192 valence electrons. The lowest BCUT2D eigenvalue weighted by molar-refractivity contribution is -0.201. The van der Waals surface area contributed by atoms with Crippen LogP contribution in [-0.4, -0.2) is 37.8 Å². The molecular weight excluding hydrogens is 480 g/mol. The lowest BCUT2D eigenvalue weighted by Crippen LogP contribution is -2.29. The van der Waals surface area contributed by atoms with Crippen LogP contribution >= 0.6 is 0 Å². The number of hydrogen-bond acceptors (Lipinski definition) is 5. The van der Waals surface area contributed by atoms with Crippen molar-refractivity contribution in [1.82, 2.24) is 5.32 Å². The molecule has 35 heavy (non-hydrogen) atoms. The van der Waals surface area contributed by atoms with Crippen LogP contribution in [-0.2, 0) is 33.3 Å². The van der Waals surface area contributed by atoms with E-state index in [0.717, 1.165) is 29.7 Å². The normalized spacial score (nSPS) is 11.8. The first-order chi connectivity index (χ1) is 16.4. The molecule has 2 rings (SSSR count). The first kappa shape index (κ1) is 28.2. The fourth-order valence-electron chi connectivity index (χ4n) is 3.02. The Kier molecular flexibility index (Phi) is 10.6. The minimum absolute atomic E-state index is 0.0865. The summed E-state index contributed by atoms with van der Waals surface area (Å²) in [5, 5.41) is 2.89. The molecule has 2 aromatic carbocycles. The number of carbonyl (C=O) groups is 2. The number of halogens is 6. The van der Waals surface area contributed by atoms with Crippen LogP contribution in [0.2, 0.25) is 0 Å². The van der Waals surface area contributed by atoms with Gasteiger partial charge < -0.3 is 14.8 Å². The molecule has 0 bridgehead atoms. The van der Waals surface area contributed by atoms with Crippen LogP contribution in [0.25, 0.3) is 0 Å². The second-order valence-electron chi connectivity index (χ2n) is 7.65. The average Bonchev–Trinajstić information content (AvgIpc) is 2.79. The summed E-state index contributed by atoms with van der Waals surface area (Å²) in [6, 6.07) is 12.5. The Morgan fingerprint density at radius 1 is 0.771 bits per heavy atom. The molecule has 0 atom stereocenters. The van der Waals surface area contributed by atoms with Crippen molar-refractivity contribution >= 4 is 11.9 Å². The molecule has 2 aromatic rings. The van der Waals surface area contributed by atoms with Crippen molar-refractivity contribution in [3.05, 3.63) is 65.2 Å². The van der Waals surface area contributed by atoms with Gasteiger partial charge in [-0.15, -0.1) is 0 Å². The van der Waals surface area contributed by atoms with Gasteiger partial charge in [-0.25, -0.2) is 4.79 Å². The zero-order valence-corrected chi connectivity index (χ0v) is 18.7. The van der Waals surface area contributed by atoms with Gasteiger partial charge in [-0.3, -0.25) is 4.79 Å². The van der Waals surface area contributed by atoms with Gasteiger partial charge in [-0.05, 0) is 67.6 Å². The standard InChI is InChI=1S/C24H25F6NO4/c25-23(26,27)19-9-5-18(6-10-19)4-2-16-34-20-11-7-17(8-12-20)3-1-14-31-15-13-21(32)35-22(33)24(28,29)30/h5-12,31H,1-4,13-16H2. The third-order valence-electron chi connectivity index (χ3n) is 4.85.